The van der Waals surface area contributed by atoms with Crippen LogP contribution >= 0.6 is 0 Å². The summed E-state index contributed by atoms with van der Waals surface area (Å²) in [6.07, 6.45) is 2.40. The topological polar surface area (TPSA) is 155 Å². The Hall–Kier alpha value is -4.28. The van der Waals surface area contributed by atoms with Gasteiger partial charge in [-0.05, 0) is 44.5 Å². The van der Waals surface area contributed by atoms with E-state index in [9.17, 15) is 29.3 Å². The molecule has 0 unspecified atom stereocenters. The summed E-state index contributed by atoms with van der Waals surface area (Å²) in [6.45, 7) is 3.64. The Balaban J connectivity index is 2.01. The minimum absolute atomic E-state index is 0.0122. The number of ketones is 1. The molecule has 168 valence electrons. The van der Waals surface area contributed by atoms with Gasteiger partial charge in [0.1, 0.15) is 11.3 Å². The number of Topliss-reactive ketones (excluding diaryl/α,β-unsaturated/α-hetero) is 1. The number of esters is 2. The molecule has 0 saturated heterocycles. The zero-order valence-electron chi connectivity index (χ0n) is 17.5. The van der Waals surface area contributed by atoms with E-state index < -0.39 is 35.2 Å². The number of benzene rings is 1. The van der Waals surface area contributed by atoms with Crippen LogP contribution in [0.1, 0.15) is 45.9 Å². The number of carbonyl (C=O) groups excluding carboxylic acids is 4. The van der Waals surface area contributed by atoms with Crippen LogP contribution in [0, 0.1) is 17.0 Å². The number of amides is 1. The molecule has 0 aliphatic heterocycles. The van der Waals surface area contributed by atoms with Gasteiger partial charge in [-0.1, -0.05) is 0 Å². The second-order valence-corrected chi connectivity index (χ2v) is 6.35. The van der Waals surface area contributed by atoms with E-state index in [1.54, 1.807) is 6.92 Å². The predicted octanol–water partition coefficient (Wildman–Crippen LogP) is 3.07. The van der Waals surface area contributed by atoms with E-state index in [1.165, 1.54) is 44.2 Å². The highest BCUT2D eigenvalue weighted by atomic mass is 16.6. The molecule has 0 aliphatic carbocycles. The second kappa shape index (κ2) is 10.7. The maximum absolute atomic E-state index is 12.2. The average Bonchev–Trinajstić information content (AvgIpc) is 3.07. The molecule has 0 saturated carbocycles. The van der Waals surface area contributed by atoms with Gasteiger partial charge in [0, 0.05) is 18.2 Å². The highest BCUT2D eigenvalue weighted by Gasteiger charge is 2.28. The minimum atomic E-state index is -0.843. The number of hydrogen-bond donors (Lipinski definition) is 1. The van der Waals surface area contributed by atoms with Crippen LogP contribution in [0.4, 0.5) is 11.6 Å². The molecule has 11 nitrogen and oxygen atoms in total. The molecule has 1 N–H and O–H groups in total. The lowest BCUT2D eigenvalue weighted by molar-refractivity contribution is -0.384. The maximum atomic E-state index is 12.2. The summed E-state index contributed by atoms with van der Waals surface area (Å²) in [7, 11) is 0. The maximum Gasteiger partial charge on any atom is 0.344 e. The number of furan rings is 1. The number of ether oxygens (including phenoxy) is 2. The Labute approximate surface area is 182 Å². The number of hydrogen-bond acceptors (Lipinski definition) is 9. The van der Waals surface area contributed by atoms with Crippen molar-refractivity contribution >= 4 is 41.3 Å². The van der Waals surface area contributed by atoms with Crippen LogP contribution in [0.25, 0.3) is 6.08 Å². The average molecular weight is 444 g/mol. The lowest BCUT2D eigenvalue weighted by Gasteiger charge is -2.06. The van der Waals surface area contributed by atoms with Crippen molar-refractivity contribution in [3.8, 4) is 0 Å². The molecule has 0 radical (unpaired) electrons. The Morgan fingerprint density at radius 1 is 1.12 bits per heavy atom. The first-order valence-electron chi connectivity index (χ1n) is 9.34. The molecule has 0 bridgehead atoms. The van der Waals surface area contributed by atoms with Crippen molar-refractivity contribution in [1.29, 1.82) is 0 Å². The van der Waals surface area contributed by atoms with Crippen LogP contribution in [0.15, 0.2) is 34.8 Å². The van der Waals surface area contributed by atoms with Gasteiger partial charge in [-0.25, -0.2) is 9.59 Å². The van der Waals surface area contributed by atoms with Crippen LogP contribution in [0.5, 0.6) is 0 Å². The molecule has 32 heavy (non-hydrogen) atoms. The van der Waals surface area contributed by atoms with E-state index in [2.05, 4.69) is 5.32 Å². The quantitative estimate of drug-likeness (QED) is 0.202. The number of carbonyl (C=O) groups is 4. The minimum Gasteiger partial charge on any atom is -0.462 e. The van der Waals surface area contributed by atoms with Crippen LogP contribution in [-0.2, 0) is 19.1 Å². The zero-order chi connectivity index (χ0) is 23.8. The molecule has 11 heteroatoms. The monoisotopic (exact) mass is 444 g/mol. The van der Waals surface area contributed by atoms with Gasteiger partial charge in [0.2, 0.25) is 5.88 Å². The van der Waals surface area contributed by atoms with E-state index >= 15 is 0 Å². The smallest absolute Gasteiger partial charge is 0.344 e. The van der Waals surface area contributed by atoms with Crippen molar-refractivity contribution in [2.75, 3.05) is 18.5 Å². The SMILES string of the molecule is CCOC(=O)c1c(NC(=O)COC(=O)/C=C/c2ccc([N+](=O)[O-])cc2)oc(C)c1C(C)=O. The van der Waals surface area contributed by atoms with Gasteiger partial charge in [0.15, 0.2) is 12.4 Å². The van der Waals surface area contributed by atoms with Crippen molar-refractivity contribution in [2.45, 2.75) is 20.8 Å². The third-order valence-corrected chi connectivity index (χ3v) is 4.03. The van der Waals surface area contributed by atoms with Crippen molar-refractivity contribution in [3.05, 3.63) is 62.9 Å². The summed E-state index contributed by atoms with van der Waals surface area (Å²) >= 11 is 0. The van der Waals surface area contributed by atoms with E-state index in [0.717, 1.165) is 6.08 Å². The summed E-state index contributed by atoms with van der Waals surface area (Å²) in [6, 6.07) is 5.44. The molecule has 2 rings (SSSR count). The molecular weight excluding hydrogens is 424 g/mol. The van der Waals surface area contributed by atoms with Crippen LogP contribution in [0.2, 0.25) is 0 Å². The van der Waals surface area contributed by atoms with Crippen LogP contribution in [-0.4, -0.2) is 41.8 Å². The molecule has 0 aliphatic rings. The zero-order valence-corrected chi connectivity index (χ0v) is 17.5. The number of anilines is 1. The fraction of sp³-hybridized carbons (Fsp3) is 0.238. The third-order valence-electron chi connectivity index (χ3n) is 4.03. The first-order valence-corrected chi connectivity index (χ1v) is 9.34. The van der Waals surface area contributed by atoms with E-state index in [-0.39, 0.29) is 35.1 Å². The van der Waals surface area contributed by atoms with E-state index in [1.807, 2.05) is 0 Å². The number of aryl methyl sites for hydroxylation is 1. The Kier molecular flexibility index (Phi) is 7.99. The number of nitrogens with zero attached hydrogens (tertiary/aromatic N) is 1. The second-order valence-electron chi connectivity index (χ2n) is 6.35. The van der Waals surface area contributed by atoms with Crippen molar-refractivity contribution < 1.29 is 38.0 Å². The summed E-state index contributed by atoms with van der Waals surface area (Å²) < 4.78 is 15.1. The first kappa shape index (κ1) is 24.0. The molecule has 1 aromatic carbocycles. The Morgan fingerprint density at radius 2 is 1.78 bits per heavy atom. The number of non-ortho nitro benzene ring substituents is 1. The fourth-order valence-corrected chi connectivity index (χ4v) is 2.67. The van der Waals surface area contributed by atoms with Gasteiger partial charge in [-0.15, -0.1) is 0 Å². The van der Waals surface area contributed by atoms with Gasteiger partial charge in [0.25, 0.3) is 11.6 Å². The summed E-state index contributed by atoms with van der Waals surface area (Å²) in [5.41, 5.74) is 0.194. The van der Waals surface area contributed by atoms with Crippen molar-refractivity contribution in [2.24, 2.45) is 0 Å². The number of nitro benzene ring substituents is 1. The molecule has 0 spiro atoms. The molecule has 0 atom stereocenters. The Bertz CT molecular complexity index is 1080. The number of nitrogens with one attached hydrogen (secondary N) is 1. The summed E-state index contributed by atoms with van der Waals surface area (Å²) in [5.74, 6) is -3.10. The number of rotatable bonds is 9. The number of nitro groups is 1. The highest BCUT2D eigenvalue weighted by Crippen LogP contribution is 2.28. The normalized spacial score (nSPS) is 10.6. The molecule has 1 aromatic heterocycles. The molecule has 2 aromatic rings. The van der Waals surface area contributed by atoms with Crippen LogP contribution in [0.3, 0.4) is 0 Å². The Morgan fingerprint density at radius 3 is 2.34 bits per heavy atom. The molecule has 1 heterocycles. The van der Waals surface area contributed by atoms with Gasteiger partial charge in [-0.3, -0.25) is 25.0 Å². The fourth-order valence-electron chi connectivity index (χ4n) is 2.67. The summed E-state index contributed by atoms with van der Waals surface area (Å²) in [5, 5.41) is 12.9. The largest absolute Gasteiger partial charge is 0.462 e. The third kappa shape index (κ3) is 6.11. The lowest BCUT2D eigenvalue weighted by atomic mass is 10.1. The molecule has 0 fully saturated rings. The summed E-state index contributed by atoms with van der Waals surface area (Å²) in [4.78, 5) is 58.1. The van der Waals surface area contributed by atoms with Crippen LogP contribution < -0.4 is 5.32 Å². The predicted molar refractivity (Wildman–Crippen MR) is 111 cm³/mol. The standard InChI is InChI=1S/C21H20N2O9/c1-4-30-21(27)19-18(12(2)24)13(3)32-20(19)22-16(25)11-31-17(26)10-7-14-5-8-15(9-6-14)23(28)29/h5-10H,4,11H2,1-3H3,(H,22,25)/b10-7+. The van der Waals surface area contributed by atoms with Gasteiger partial charge in [0.05, 0.1) is 17.1 Å². The van der Waals surface area contributed by atoms with Gasteiger partial charge >= 0.3 is 11.9 Å². The van der Waals surface area contributed by atoms with Gasteiger partial charge in [-0.2, -0.15) is 0 Å². The molecule has 1 amide bonds. The van der Waals surface area contributed by atoms with Crippen molar-refractivity contribution in [3.63, 3.8) is 0 Å². The molecular formula is C21H20N2O9. The van der Waals surface area contributed by atoms with Crippen molar-refractivity contribution in [1.82, 2.24) is 0 Å². The van der Waals surface area contributed by atoms with E-state index in [4.69, 9.17) is 13.9 Å². The van der Waals surface area contributed by atoms with E-state index in [0.29, 0.717) is 5.56 Å². The highest BCUT2D eigenvalue weighted by molar-refractivity contribution is 6.10. The first-order chi connectivity index (χ1) is 15.1. The van der Waals surface area contributed by atoms with Gasteiger partial charge < -0.3 is 13.9 Å². The lowest BCUT2D eigenvalue weighted by Crippen LogP contribution is -2.21.